The van der Waals surface area contributed by atoms with Gasteiger partial charge in [0.25, 0.3) is 0 Å². The second-order valence-corrected chi connectivity index (χ2v) is 11.0. The van der Waals surface area contributed by atoms with Crippen LogP contribution in [0.15, 0.2) is 0 Å². The standard InChI is InChI=1S/C26H52N4O10/c1-5-39-24(37)14-27-6-10-29(20(16-31)22(35)18-33)12-8-28(15-25(38)40-26(2,3)4)9-13-30(11-7-27)21(17-32)23(36)19-34/h20-23,31-36H,5-19H2,1-4H3. The van der Waals surface area contributed by atoms with Crippen molar-refractivity contribution >= 4 is 11.9 Å². The van der Waals surface area contributed by atoms with Crippen molar-refractivity contribution in [3.63, 3.8) is 0 Å². The van der Waals surface area contributed by atoms with E-state index in [1.165, 1.54) is 0 Å². The van der Waals surface area contributed by atoms with Gasteiger partial charge in [0.15, 0.2) is 0 Å². The molecule has 1 fully saturated rings. The van der Waals surface area contributed by atoms with Gasteiger partial charge in [0.1, 0.15) is 5.60 Å². The molecule has 0 aromatic rings. The van der Waals surface area contributed by atoms with Crippen molar-refractivity contribution in [3.05, 3.63) is 0 Å². The molecular weight excluding hydrogens is 528 g/mol. The fourth-order valence-electron chi connectivity index (χ4n) is 4.66. The van der Waals surface area contributed by atoms with Crippen molar-refractivity contribution in [1.82, 2.24) is 19.6 Å². The summed E-state index contributed by atoms with van der Waals surface area (Å²) in [5.41, 5.74) is -0.676. The average Bonchev–Trinajstić information content (AvgIpc) is 2.88. The van der Waals surface area contributed by atoms with Crippen LogP contribution in [0.4, 0.5) is 0 Å². The Hall–Kier alpha value is -1.46. The van der Waals surface area contributed by atoms with Crippen molar-refractivity contribution in [3.8, 4) is 0 Å². The highest BCUT2D eigenvalue weighted by Crippen LogP contribution is 2.12. The number of carbonyl (C=O) groups is 2. The van der Waals surface area contributed by atoms with E-state index in [0.717, 1.165) is 0 Å². The van der Waals surface area contributed by atoms with Crippen LogP contribution in [-0.2, 0) is 19.1 Å². The first kappa shape index (κ1) is 36.6. The summed E-state index contributed by atoms with van der Waals surface area (Å²) >= 11 is 0. The number of esters is 2. The molecular formula is C26H52N4O10. The highest BCUT2D eigenvalue weighted by Gasteiger charge is 2.30. The predicted molar refractivity (Wildman–Crippen MR) is 146 cm³/mol. The molecule has 4 atom stereocenters. The summed E-state index contributed by atoms with van der Waals surface area (Å²) in [5.74, 6) is -0.846. The number of ether oxygens (including phenoxy) is 2. The minimum absolute atomic E-state index is 0.0149. The first-order valence-electron chi connectivity index (χ1n) is 14.0. The van der Waals surface area contributed by atoms with E-state index in [-0.39, 0.29) is 19.7 Å². The van der Waals surface area contributed by atoms with Gasteiger partial charge in [-0.3, -0.25) is 29.2 Å². The number of aliphatic hydroxyl groups excluding tert-OH is 6. The molecule has 0 aromatic carbocycles. The smallest absolute Gasteiger partial charge is 0.320 e. The maximum absolute atomic E-state index is 12.7. The van der Waals surface area contributed by atoms with E-state index in [0.29, 0.717) is 52.4 Å². The zero-order valence-electron chi connectivity index (χ0n) is 24.5. The van der Waals surface area contributed by atoms with E-state index in [4.69, 9.17) is 9.47 Å². The molecule has 236 valence electrons. The van der Waals surface area contributed by atoms with Crippen LogP contribution in [0.3, 0.4) is 0 Å². The number of aliphatic hydroxyl groups is 6. The minimum Gasteiger partial charge on any atom is -0.465 e. The van der Waals surface area contributed by atoms with E-state index >= 15 is 0 Å². The van der Waals surface area contributed by atoms with Crippen LogP contribution in [0.25, 0.3) is 0 Å². The molecule has 4 unspecified atom stereocenters. The monoisotopic (exact) mass is 580 g/mol. The van der Waals surface area contributed by atoms with Crippen LogP contribution in [0.2, 0.25) is 0 Å². The summed E-state index contributed by atoms with van der Waals surface area (Å²) in [6, 6.07) is -1.54. The molecule has 0 saturated carbocycles. The third kappa shape index (κ3) is 13.5. The summed E-state index contributed by atoms with van der Waals surface area (Å²) in [5, 5.41) is 59.9. The first-order valence-corrected chi connectivity index (χ1v) is 14.0. The Morgan fingerprint density at radius 2 is 1.05 bits per heavy atom. The predicted octanol–water partition coefficient (Wildman–Crippen LogP) is -3.46. The summed E-state index contributed by atoms with van der Waals surface area (Å²) in [4.78, 5) is 32.4. The Balaban J connectivity index is 3.30. The van der Waals surface area contributed by atoms with Gasteiger partial charge in [-0.25, -0.2) is 0 Å². The third-order valence-electron chi connectivity index (χ3n) is 6.82. The normalized spacial score (nSPS) is 21.1. The van der Waals surface area contributed by atoms with Gasteiger partial charge in [0.05, 0.1) is 70.4 Å². The van der Waals surface area contributed by atoms with Crippen molar-refractivity contribution in [2.45, 2.75) is 57.6 Å². The Labute approximate surface area is 237 Å². The van der Waals surface area contributed by atoms with Crippen molar-refractivity contribution in [2.75, 3.05) is 98.5 Å². The van der Waals surface area contributed by atoms with E-state index in [1.807, 2.05) is 19.6 Å². The van der Waals surface area contributed by atoms with Crippen LogP contribution < -0.4 is 0 Å². The Kier molecular flexibility index (Phi) is 17.2. The Morgan fingerprint density at radius 3 is 1.35 bits per heavy atom. The average molecular weight is 581 g/mol. The molecule has 14 heteroatoms. The van der Waals surface area contributed by atoms with E-state index < -0.39 is 68.3 Å². The molecule has 14 nitrogen and oxygen atoms in total. The van der Waals surface area contributed by atoms with E-state index in [9.17, 15) is 40.2 Å². The lowest BCUT2D eigenvalue weighted by atomic mass is 10.1. The number of nitrogens with zero attached hydrogens (tertiary/aromatic N) is 4. The SMILES string of the molecule is CCOC(=O)CN1CCN(C(CO)C(O)CO)CCN(CC(=O)OC(C)(C)C)CCN(C(CO)C(O)CO)CC1. The van der Waals surface area contributed by atoms with Crippen molar-refractivity contribution in [1.29, 1.82) is 0 Å². The number of hydrogen-bond donors (Lipinski definition) is 6. The fraction of sp³-hybridized carbons (Fsp3) is 0.923. The lowest BCUT2D eigenvalue weighted by Gasteiger charge is -2.39. The van der Waals surface area contributed by atoms with Gasteiger partial charge in [0.2, 0.25) is 0 Å². The largest absolute Gasteiger partial charge is 0.465 e. The van der Waals surface area contributed by atoms with Gasteiger partial charge in [-0.2, -0.15) is 0 Å². The van der Waals surface area contributed by atoms with Crippen molar-refractivity contribution < 1.29 is 49.7 Å². The molecule has 40 heavy (non-hydrogen) atoms. The molecule has 1 rings (SSSR count). The van der Waals surface area contributed by atoms with Gasteiger partial charge < -0.3 is 40.1 Å². The summed E-state index contributed by atoms with van der Waals surface area (Å²) in [6.07, 6.45) is -2.40. The maximum atomic E-state index is 12.7. The lowest BCUT2D eigenvalue weighted by molar-refractivity contribution is -0.156. The molecule has 1 heterocycles. The number of carbonyl (C=O) groups excluding carboxylic acids is 2. The van der Waals surface area contributed by atoms with Crippen LogP contribution in [0.1, 0.15) is 27.7 Å². The third-order valence-corrected chi connectivity index (χ3v) is 6.82. The van der Waals surface area contributed by atoms with E-state index in [1.54, 1.807) is 27.7 Å². The summed E-state index contributed by atoms with van der Waals surface area (Å²) in [7, 11) is 0. The van der Waals surface area contributed by atoms with Crippen LogP contribution in [0.5, 0.6) is 0 Å². The highest BCUT2D eigenvalue weighted by atomic mass is 16.6. The van der Waals surface area contributed by atoms with E-state index in [2.05, 4.69) is 0 Å². The molecule has 0 aromatic heterocycles. The maximum Gasteiger partial charge on any atom is 0.320 e. The molecule has 0 bridgehead atoms. The molecule has 6 N–H and O–H groups in total. The molecule has 0 radical (unpaired) electrons. The van der Waals surface area contributed by atoms with Crippen LogP contribution in [-0.4, -0.2) is 191 Å². The number of hydrogen-bond acceptors (Lipinski definition) is 14. The molecule has 0 aliphatic carbocycles. The topological polar surface area (TPSA) is 187 Å². The first-order chi connectivity index (χ1) is 18.9. The van der Waals surface area contributed by atoms with Gasteiger partial charge in [-0.1, -0.05) is 0 Å². The molecule has 1 aliphatic heterocycles. The zero-order valence-corrected chi connectivity index (χ0v) is 24.5. The Bertz CT molecular complexity index is 692. The lowest BCUT2D eigenvalue weighted by Crippen LogP contribution is -2.56. The van der Waals surface area contributed by atoms with Gasteiger partial charge >= 0.3 is 11.9 Å². The number of rotatable bonds is 13. The quantitative estimate of drug-likeness (QED) is 0.118. The molecule has 0 spiro atoms. The highest BCUT2D eigenvalue weighted by molar-refractivity contribution is 5.72. The second kappa shape index (κ2) is 18.9. The minimum atomic E-state index is -1.20. The summed E-state index contributed by atoms with van der Waals surface area (Å²) in [6.45, 7) is 7.98. The molecule has 1 saturated heterocycles. The second-order valence-electron chi connectivity index (χ2n) is 11.0. The Morgan fingerprint density at radius 1 is 0.675 bits per heavy atom. The van der Waals surface area contributed by atoms with Crippen molar-refractivity contribution in [2.24, 2.45) is 0 Å². The molecule has 1 aliphatic rings. The molecule has 0 amide bonds. The fourth-order valence-corrected chi connectivity index (χ4v) is 4.66. The van der Waals surface area contributed by atoms with Gasteiger partial charge in [0, 0.05) is 52.4 Å². The van der Waals surface area contributed by atoms with Crippen LogP contribution >= 0.6 is 0 Å². The summed E-state index contributed by atoms with van der Waals surface area (Å²) < 4.78 is 10.6. The van der Waals surface area contributed by atoms with Gasteiger partial charge in [-0.15, -0.1) is 0 Å². The zero-order chi connectivity index (χ0) is 30.3. The van der Waals surface area contributed by atoms with Gasteiger partial charge in [-0.05, 0) is 27.7 Å². The van der Waals surface area contributed by atoms with Crippen LogP contribution in [0, 0.1) is 0 Å².